The van der Waals surface area contributed by atoms with Crippen molar-refractivity contribution >= 4 is 16.8 Å². The van der Waals surface area contributed by atoms with E-state index in [1.54, 1.807) is 0 Å². The second kappa shape index (κ2) is 5.15. The highest BCUT2D eigenvalue weighted by molar-refractivity contribution is 5.87. The number of unbranched alkanes of at least 4 members (excludes halogenated alkanes) is 1. The van der Waals surface area contributed by atoms with Crippen molar-refractivity contribution in [2.24, 2.45) is 0 Å². The van der Waals surface area contributed by atoms with Crippen LogP contribution in [0.3, 0.4) is 0 Å². The van der Waals surface area contributed by atoms with Gasteiger partial charge in [0.05, 0.1) is 5.54 Å². The quantitative estimate of drug-likeness (QED) is 0.908. The van der Waals surface area contributed by atoms with Crippen LogP contribution in [0.1, 0.15) is 56.7 Å². The van der Waals surface area contributed by atoms with Crippen molar-refractivity contribution in [2.75, 3.05) is 6.54 Å². The number of H-pyrrole nitrogens is 1. The molecule has 0 radical (unpaired) electrons. The summed E-state index contributed by atoms with van der Waals surface area (Å²) in [5.74, 6) is 0.353. The summed E-state index contributed by atoms with van der Waals surface area (Å²) >= 11 is 0. The zero-order chi connectivity index (χ0) is 15.2. The van der Waals surface area contributed by atoms with Crippen LogP contribution in [0, 0.1) is 0 Å². The maximum Gasteiger partial charge on any atom is 0.223 e. The highest BCUT2D eigenvalue weighted by atomic mass is 16.2. The molecule has 1 saturated heterocycles. The van der Waals surface area contributed by atoms with Gasteiger partial charge in [0.15, 0.2) is 0 Å². The minimum Gasteiger partial charge on any atom is -0.356 e. The summed E-state index contributed by atoms with van der Waals surface area (Å²) in [5, 5.41) is 1.35. The third-order valence-corrected chi connectivity index (χ3v) is 5.61. The Morgan fingerprint density at radius 2 is 2.14 bits per heavy atom. The molecule has 3 heterocycles. The molecule has 1 aromatic carbocycles. The lowest BCUT2D eigenvalue weighted by Gasteiger charge is -2.50. The summed E-state index contributed by atoms with van der Waals surface area (Å²) < 4.78 is 0. The van der Waals surface area contributed by atoms with E-state index in [9.17, 15) is 4.79 Å². The SMILES string of the molecule is CCCCC12CCCC(=O)N1CCc1c2[nH]c2ccccc12. The molecule has 1 fully saturated rings. The van der Waals surface area contributed by atoms with Crippen molar-refractivity contribution in [2.45, 2.75) is 57.4 Å². The summed E-state index contributed by atoms with van der Waals surface area (Å²) in [5.41, 5.74) is 3.94. The van der Waals surface area contributed by atoms with Gasteiger partial charge >= 0.3 is 0 Å². The number of rotatable bonds is 3. The molecule has 3 nitrogen and oxygen atoms in total. The molecular weight excluding hydrogens is 272 g/mol. The Bertz CT molecular complexity index is 717. The van der Waals surface area contributed by atoms with Gasteiger partial charge in [0.25, 0.3) is 0 Å². The number of hydrogen-bond donors (Lipinski definition) is 1. The first-order valence-corrected chi connectivity index (χ1v) is 8.67. The Morgan fingerprint density at radius 1 is 1.27 bits per heavy atom. The lowest BCUT2D eigenvalue weighted by atomic mass is 9.75. The third-order valence-electron chi connectivity index (χ3n) is 5.61. The van der Waals surface area contributed by atoms with Crippen molar-refractivity contribution in [1.29, 1.82) is 0 Å². The van der Waals surface area contributed by atoms with E-state index >= 15 is 0 Å². The van der Waals surface area contributed by atoms with Gasteiger partial charge in [0.2, 0.25) is 5.91 Å². The zero-order valence-corrected chi connectivity index (χ0v) is 13.3. The number of para-hydroxylation sites is 1. The lowest BCUT2D eigenvalue weighted by molar-refractivity contribution is -0.144. The lowest BCUT2D eigenvalue weighted by Crippen LogP contribution is -2.55. The number of nitrogens with zero attached hydrogens (tertiary/aromatic N) is 1. The fourth-order valence-corrected chi connectivity index (χ4v) is 4.57. The van der Waals surface area contributed by atoms with Crippen LogP contribution in [-0.4, -0.2) is 22.3 Å². The fourth-order valence-electron chi connectivity index (χ4n) is 4.57. The van der Waals surface area contributed by atoms with Crippen LogP contribution >= 0.6 is 0 Å². The topological polar surface area (TPSA) is 36.1 Å². The molecule has 1 N–H and O–H groups in total. The second-order valence-electron chi connectivity index (χ2n) is 6.81. The van der Waals surface area contributed by atoms with Gasteiger partial charge in [-0.25, -0.2) is 0 Å². The number of aromatic nitrogens is 1. The highest BCUT2D eigenvalue weighted by Crippen LogP contribution is 2.47. The van der Waals surface area contributed by atoms with Gasteiger partial charge in [-0.15, -0.1) is 0 Å². The van der Waals surface area contributed by atoms with E-state index in [2.05, 4.69) is 41.1 Å². The Balaban J connectivity index is 1.90. The molecule has 116 valence electrons. The normalized spacial score (nSPS) is 24.4. The second-order valence-corrected chi connectivity index (χ2v) is 6.81. The van der Waals surface area contributed by atoms with Crippen molar-refractivity contribution < 1.29 is 4.79 Å². The van der Waals surface area contributed by atoms with E-state index < -0.39 is 0 Å². The molecule has 2 aliphatic heterocycles. The molecule has 1 aromatic heterocycles. The standard InChI is InChI=1S/C19H24N2O/c1-2-3-11-19-12-6-9-17(22)21(19)13-10-15-14-7-4-5-8-16(14)20-18(15)19/h4-5,7-8,20H,2-3,6,9-13H2,1H3. The van der Waals surface area contributed by atoms with Gasteiger partial charge in [-0.05, 0) is 37.3 Å². The number of hydrogen-bond acceptors (Lipinski definition) is 1. The molecular formula is C19H24N2O. The van der Waals surface area contributed by atoms with E-state index in [0.717, 1.165) is 38.6 Å². The first-order valence-electron chi connectivity index (χ1n) is 8.67. The average molecular weight is 296 g/mol. The van der Waals surface area contributed by atoms with Crippen molar-refractivity contribution in [3.05, 3.63) is 35.5 Å². The smallest absolute Gasteiger partial charge is 0.223 e. The molecule has 0 saturated carbocycles. The van der Waals surface area contributed by atoms with Crippen LogP contribution in [0.2, 0.25) is 0 Å². The Labute approximate surface area is 131 Å². The molecule has 22 heavy (non-hydrogen) atoms. The maximum atomic E-state index is 12.5. The summed E-state index contributed by atoms with van der Waals surface area (Å²) in [6, 6.07) is 8.59. The molecule has 2 aliphatic rings. The molecule has 3 heteroatoms. The average Bonchev–Trinajstić information content (AvgIpc) is 2.93. The van der Waals surface area contributed by atoms with Crippen LogP contribution in [0.5, 0.6) is 0 Å². The molecule has 0 aliphatic carbocycles. The van der Waals surface area contributed by atoms with E-state index in [-0.39, 0.29) is 5.54 Å². The van der Waals surface area contributed by atoms with E-state index in [0.29, 0.717) is 5.91 Å². The van der Waals surface area contributed by atoms with Gasteiger partial charge in [-0.3, -0.25) is 4.79 Å². The van der Waals surface area contributed by atoms with Gasteiger partial charge < -0.3 is 9.88 Å². The Hall–Kier alpha value is -1.77. The van der Waals surface area contributed by atoms with Crippen LogP contribution in [-0.2, 0) is 16.8 Å². The van der Waals surface area contributed by atoms with Crippen molar-refractivity contribution in [3.8, 4) is 0 Å². The summed E-state index contributed by atoms with van der Waals surface area (Å²) in [4.78, 5) is 18.4. The van der Waals surface area contributed by atoms with Crippen molar-refractivity contribution in [1.82, 2.24) is 9.88 Å². The first-order chi connectivity index (χ1) is 10.8. The van der Waals surface area contributed by atoms with Gasteiger partial charge in [-0.1, -0.05) is 38.0 Å². The predicted octanol–water partition coefficient (Wildman–Crippen LogP) is 4.12. The number of amides is 1. The monoisotopic (exact) mass is 296 g/mol. The maximum absolute atomic E-state index is 12.5. The van der Waals surface area contributed by atoms with Crippen molar-refractivity contribution in [3.63, 3.8) is 0 Å². The van der Waals surface area contributed by atoms with Crippen LogP contribution in [0.15, 0.2) is 24.3 Å². The number of nitrogens with one attached hydrogen (secondary N) is 1. The summed E-state index contributed by atoms with van der Waals surface area (Å²) in [6.45, 7) is 3.12. The number of piperidine rings is 1. The summed E-state index contributed by atoms with van der Waals surface area (Å²) in [7, 11) is 0. The number of carbonyl (C=O) groups excluding carboxylic acids is 1. The highest BCUT2D eigenvalue weighted by Gasteiger charge is 2.47. The van der Waals surface area contributed by atoms with Gasteiger partial charge in [0.1, 0.15) is 0 Å². The first kappa shape index (κ1) is 13.9. The van der Waals surface area contributed by atoms with E-state index in [1.807, 2.05) is 0 Å². The van der Waals surface area contributed by atoms with Crippen LogP contribution in [0.4, 0.5) is 0 Å². The fraction of sp³-hybridized carbons (Fsp3) is 0.526. The van der Waals surface area contributed by atoms with Crippen LogP contribution < -0.4 is 0 Å². The predicted molar refractivity (Wildman–Crippen MR) is 88.8 cm³/mol. The minimum atomic E-state index is -0.0715. The molecule has 1 unspecified atom stereocenters. The minimum absolute atomic E-state index is 0.0715. The Morgan fingerprint density at radius 3 is 3.00 bits per heavy atom. The van der Waals surface area contributed by atoms with Crippen LogP contribution in [0.25, 0.3) is 10.9 Å². The molecule has 0 bridgehead atoms. The Kier molecular flexibility index (Phi) is 3.24. The molecule has 0 spiro atoms. The van der Waals surface area contributed by atoms with Gasteiger partial charge in [-0.2, -0.15) is 0 Å². The molecule has 1 amide bonds. The van der Waals surface area contributed by atoms with E-state index in [4.69, 9.17) is 0 Å². The third kappa shape index (κ3) is 1.84. The zero-order valence-electron chi connectivity index (χ0n) is 13.3. The molecule has 2 aromatic rings. The number of carbonyl (C=O) groups is 1. The van der Waals surface area contributed by atoms with E-state index in [1.165, 1.54) is 35.0 Å². The number of fused-ring (bicyclic) bond motifs is 5. The molecule has 1 atom stereocenters. The van der Waals surface area contributed by atoms with Gasteiger partial charge in [0, 0.05) is 29.6 Å². The number of aromatic amines is 1. The number of benzene rings is 1. The molecule has 4 rings (SSSR count). The largest absolute Gasteiger partial charge is 0.356 e. The summed E-state index contributed by atoms with van der Waals surface area (Å²) in [6.07, 6.45) is 7.29.